The van der Waals surface area contributed by atoms with Gasteiger partial charge < -0.3 is 5.73 Å². The number of hydrogen-bond donors (Lipinski definition) is 1. The molecule has 4 heteroatoms. The van der Waals surface area contributed by atoms with Crippen molar-refractivity contribution < 1.29 is 0 Å². The molecule has 0 saturated heterocycles. The van der Waals surface area contributed by atoms with E-state index < -0.39 is 0 Å². The molecular formula is C18H17N3S. The Morgan fingerprint density at radius 2 is 1.82 bits per heavy atom. The van der Waals surface area contributed by atoms with E-state index in [1.807, 2.05) is 30.4 Å². The van der Waals surface area contributed by atoms with E-state index in [-0.39, 0.29) is 0 Å². The number of fused-ring (bicyclic) bond motifs is 3. The van der Waals surface area contributed by atoms with Crippen LogP contribution in [0, 0.1) is 0 Å². The van der Waals surface area contributed by atoms with Crippen molar-refractivity contribution in [3.05, 3.63) is 52.2 Å². The summed E-state index contributed by atoms with van der Waals surface area (Å²) < 4.78 is 0. The number of benzene rings is 1. The number of hydrogen-bond acceptors (Lipinski definition) is 4. The molecule has 1 aromatic carbocycles. The van der Waals surface area contributed by atoms with Crippen LogP contribution in [-0.4, -0.2) is 9.97 Å². The second-order valence-corrected chi connectivity index (χ2v) is 6.69. The van der Waals surface area contributed by atoms with Crippen LogP contribution in [0.4, 0.5) is 5.82 Å². The van der Waals surface area contributed by atoms with Crippen LogP contribution in [0.5, 0.6) is 0 Å². The molecule has 0 saturated carbocycles. The molecule has 0 unspecified atom stereocenters. The van der Waals surface area contributed by atoms with Crippen LogP contribution < -0.4 is 5.73 Å². The maximum atomic E-state index is 6.22. The lowest BCUT2D eigenvalue weighted by Gasteiger charge is -2.10. The summed E-state index contributed by atoms with van der Waals surface area (Å²) in [5, 5.41) is 1.09. The molecule has 22 heavy (non-hydrogen) atoms. The average Bonchev–Trinajstić information content (AvgIpc) is 2.92. The maximum absolute atomic E-state index is 6.22. The average molecular weight is 307 g/mol. The number of anilines is 1. The van der Waals surface area contributed by atoms with Crippen molar-refractivity contribution >= 4 is 39.5 Å². The molecule has 0 aliphatic heterocycles. The normalized spacial score (nSPS) is 14.5. The fourth-order valence-corrected chi connectivity index (χ4v) is 4.29. The summed E-state index contributed by atoms with van der Waals surface area (Å²) in [6.45, 7) is 0. The van der Waals surface area contributed by atoms with Crippen molar-refractivity contribution in [2.45, 2.75) is 25.7 Å². The third-order valence-corrected chi connectivity index (χ3v) is 5.27. The number of nitrogen functional groups attached to an aromatic ring is 1. The first-order valence-electron chi connectivity index (χ1n) is 7.62. The van der Waals surface area contributed by atoms with E-state index in [1.165, 1.54) is 23.3 Å². The Bertz CT molecular complexity index is 850. The van der Waals surface area contributed by atoms with Gasteiger partial charge in [-0.15, -0.1) is 11.3 Å². The van der Waals surface area contributed by atoms with E-state index >= 15 is 0 Å². The van der Waals surface area contributed by atoms with Gasteiger partial charge in [-0.25, -0.2) is 9.97 Å². The van der Waals surface area contributed by atoms with Crippen LogP contribution >= 0.6 is 11.3 Å². The summed E-state index contributed by atoms with van der Waals surface area (Å²) in [4.78, 5) is 11.7. The van der Waals surface area contributed by atoms with Crippen LogP contribution in [0.3, 0.4) is 0 Å². The molecular weight excluding hydrogens is 290 g/mol. The van der Waals surface area contributed by atoms with Gasteiger partial charge in [0, 0.05) is 4.88 Å². The van der Waals surface area contributed by atoms with E-state index in [9.17, 15) is 0 Å². The molecule has 2 N–H and O–H groups in total. The van der Waals surface area contributed by atoms with Crippen LogP contribution in [0.1, 0.15) is 34.7 Å². The van der Waals surface area contributed by atoms with Gasteiger partial charge >= 0.3 is 0 Å². The summed E-state index contributed by atoms with van der Waals surface area (Å²) >= 11 is 1.78. The van der Waals surface area contributed by atoms with Crippen molar-refractivity contribution in [2.75, 3.05) is 5.73 Å². The predicted molar refractivity (Wildman–Crippen MR) is 93.8 cm³/mol. The SMILES string of the molecule is Nc1nc(/C=C/c2ccccc2)nc2sc3c(c12)CCCC3. The topological polar surface area (TPSA) is 51.8 Å². The fraction of sp³-hybridized carbons (Fsp3) is 0.222. The predicted octanol–water partition coefficient (Wildman–Crippen LogP) is 4.32. The molecule has 3 aromatic rings. The van der Waals surface area contributed by atoms with Gasteiger partial charge in [-0.2, -0.15) is 0 Å². The van der Waals surface area contributed by atoms with E-state index in [0.717, 1.165) is 28.6 Å². The van der Waals surface area contributed by atoms with Gasteiger partial charge in [0.1, 0.15) is 10.6 Å². The molecule has 2 aromatic heterocycles. The maximum Gasteiger partial charge on any atom is 0.155 e. The summed E-state index contributed by atoms with van der Waals surface area (Å²) in [5.41, 5.74) is 8.74. The lowest BCUT2D eigenvalue weighted by atomic mass is 9.97. The first kappa shape index (κ1) is 13.5. The first-order chi connectivity index (χ1) is 10.8. The van der Waals surface area contributed by atoms with Crippen molar-refractivity contribution in [3.63, 3.8) is 0 Å². The third kappa shape index (κ3) is 2.40. The van der Waals surface area contributed by atoms with Crippen LogP contribution in [0.2, 0.25) is 0 Å². The Balaban J connectivity index is 1.76. The molecule has 110 valence electrons. The molecule has 0 fully saturated rings. The summed E-state index contributed by atoms with van der Waals surface area (Å²) in [6.07, 6.45) is 8.74. The Morgan fingerprint density at radius 1 is 1.00 bits per heavy atom. The highest BCUT2D eigenvalue weighted by Gasteiger charge is 2.19. The number of aromatic nitrogens is 2. The van der Waals surface area contributed by atoms with Crippen molar-refractivity contribution in [2.24, 2.45) is 0 Å². The van der Waals surface area contributed by atoms with Gasteiger partial charge in [-0.05, 0) is 42.9 Å². The van der Waals surface area contributed by atoms with E-state index in [0.29, 0.717) is 11.6 Å². The van der Waals surface area contributed by atoms with E-state index in [4.69, 9.17) is 10.7 Å². The number of nitrogens with two attached hydrogens (primary N) is 1. The largest absolute Gasteiger partial charge is 0.383 e. The Labute approximate surface area is 133 Å². The van der Waals surface area contributed by atoms with E-state index in [1.54, 1.807) is 11.3 Å². The third-order valence-electron chi connectivity index (χ3n) is 4.08. The van der Waals surface area contributed by atoms with Gasteiger partial charge in [-0.3, -0.25) is 0 Å². The first-order valence-corrected chi connectivity index (χ1v) is 8.44. The zero-order valence-corrected chi connectivity index (χ0v) is 13.1. The van der Waals surface area contributed by atoms with Gasteiger partial charge in [-0.1, -0.05) is 36.4 Å². The number of nitrogens with zero attached hydrogens (tertiary/aromatic N) is 2. The lowest BCUT2D eigenvalue weighted by molar-refractivity contribution is 0.700. The highest BCUT2D eigenvalue weighted by atomic mass is 32.1. The summed E-state index contributed by atoms with van der Waals surface area (Å²) in [7, 11) is 0. The molecule has 0 spiro atoms. The van der Waals surface area contributed by atoms with Gasteiger partial charge in [0.25, 0.3) is 0 Å². The van der Waals surface area contributed by atoms with Crippen LogP contribution in [0.25, 0.3) is 22.4 Å². The summed E-state index contributed by atoms with van der Waals surface area (Å²) in [6, 6.07) is 10.2. The molecule has 4 rings (SSSR count). The van der Waals surface area contributed by atoms with Gasteiger partial charge in [0.15, 0.2) is 5.82 Å². The zero-order chi connectivity index (χ0) is 14.9. The van der Waals surface area contributed by atoms with Crippen molar-refractivity contribution in [1.82, 2.24) is 9.97 Å². The highest BCUT2D eigenvalue weighted by molar-refractivity contribution is 7.19. The molecule has 1 aliphatic carbocycles. The van der Waals surface area contributed by atoms with Gasteiger partial charge in [0.2, 0.25) is 0 Å². The molecule has 0 amide bonds. The minimum absolute atomic E-state index is 0.622. The van der Waals surface area contributed by atoms with Crippen molar-refractivity contribution in [3.8, 4) is 0 Å². The molecule has 0 bridgehead atoms. The number of rotatable bonds is 2. The minimum Gasteiger partial charge on any atom is -0.383 e. The minimum atomic E-state index is 0.622. The molecule has 0 radical (unpaired) electrons. The Hall–Kier alpha value is -2.20. The second-order valence-electron chi connectivity index (χ2n) is 5.60. The molecule has 0 atom stereocenters. The quantitative estimate of drug-likeness (QED) is 0.767. The number of aryl methyl sites for hydroxylation is 2. The fourth-order valence-electron chi connectivity index (χ4n) is 3.01. The Kier molecular flexibility index (Phi) is 3.39. The highest BCUT2D eigenvalue weighted by Crippen LogP contribution is 2.37. The number of thiophene rings is 1. The summed E-state index contributed by atoms with van der Waals surface area (Å²) in [5.74, 6) is 1.31. The van der Waals surface area contributed by atoms with Gasteiger partial charge in [0.05, 0.1) is 5.39 Å². The Morgan fingerprint density at radius 3 is 2.68 bits per heavy atom. The molecule has 1 aliphatic rings. The van der Waals surface area contributed by atoms with Crippen LogP contribution in [-0.2, 0) is 12.8 Å². The monoisotopic (exact) mass is 307 g/mol. The van der Waals surface area contributed by atoms with Crippen molar-refractivity contribution in [1.29, 1.82) is 0 Å². The zero-order valence-electron chi connectivity index (χ0n) is 12.2. The molecule has 3 nitrogen and oxygen atoms in total. The second kappa shape index (κ2) is 5.54. The van der Waals surface area contributed by atoms with Crippen LogP contribution in [0.15, 0.2) is 30.3 Å². The lowest BCUT2D eigenvalue weighted by Crippen LogP contribution is -2.01. The smallest absolute Gasteiger partial charge is 0.155 e. The molecule has 2 heterocycles. The van der Waals surface area contributed by atoms with E-state index in [2.05, 4.69) is 17.1 Å². The standard InChI is InChI=1S/C18H17N3S/c19-17-16-13-8-4-5-9-14(13)22-18(16)21-15(20-17)11-10-12-6-2-1-3-7-12/h1-3,6-7,10-11H,4-5,8-9H2,(H2,19,20,21)/b11-10+.